The van der Waals surface area contributed by atoms with Crippen molar-refractivity contribution in [1.29, 1.82) is 0 Å². The summed E-state index contributed by atoms with van der Waals surface area (Å²) in [5, 5.41) is 4.61. The van der Waals surface area contributed by atoms with Gasteiger partial charge in [-0.15, -0.1) is 0 Å². The van der Waals surface area contributed by atoms with E-state index < -0.39 is 0 Å². The third-order valence-corrected chi connectivity index (χ3v) is 4.25. The topological polar surface area (TPSA) is 38.5 Å². The maximum Gasteiger partial charge on any atom is 0.184 e. The van der Waals surface area contributed by atoms with Gasteiger partial charge in [-0.3, -0.25) is 4.57 Å². The van der Waals surface area contributed by atoms with Gasteiger partial charge in [-0.25, -0.2) is 4.68 Å². The summed E-state index contributed by atoms with van der Waals surface area (Å²) < 4.78 is 5.87. The Morgan fingerprint density at radius 1 is 1.40 bits per heavy atom. The summed E-state index contributed by atoms with van der Waals surface area (Å²) in [6.45, 7) is 2.16. The number of rotatable bonds is 3. The maximum atomic E-state index is 5.50. The lowest BCUT2D eigenvalue weighted by molar-refractivity contribution is 0.735. The quantitative estimate of drug-likeness (QED) is 0.536. The zero-order chi connectivity index (χ0) is 14.3. The molecule has 0 amide bonds. The Balaban J connectivity index is 2.31. The van der Waals surface area contributed by atoms with Gasteiger partial charge in [-0.2, -0.15) is 5.10 Å². The zero-order valence-electron chi connectivity index (χ0n) is 11.4. The van der Waals surface area contributed by atoms with Crippen LogP contribution in [0.15, 0.2) is 24.3 Å². The fourth-order valence-electron chi connectivity index (χ4n) is 2.48. The summed E-state index contributed by atoms with van der Waals surface area (Å²) in [4.78, 5) is 3.31. The average molecular weight is 398 g/mol. The molecule has 0 saturated carbocycles. The molecule has 2 heterocycles. The van der Waals surface area contributed by atoms with Gasteiger partial charge in [-0.1, -0.05) is 19.4 Å². The zero-order valence-corrected chi connectivity index (χ0v) is 14.3. The van der Waals surface area contributed by atoms with Crippen molar-refractivity contribution < 1.29 is 0 Å². The summed E-state index contributed by atoms with van der Waals surface area (Å²) in [6, 6.07) is 8.30. The number of hydrogen-bond donors (Lipinski definition) is 1. The van der Waals surface area contributed by atoms with Crippen LogP contribution in [-0.2, 0) is 13.5 Å². The molecule has 0 aliphatic carbocycles. The number of aromatic nitrogens is 4. The molecule has 1 N–H and O–H groups in total. The second-order valence-corrected chi connectivity index (χ2v) is 6.40. The van der Waals surface area contributed by atoms with Crippen LogP contribution in [0.1, 0.15) is 19.0 Å². The molecule has 4 nitrogen and oxygen atoms in total. The number of aromatic amines is 1. The van der Waals surface area contributed by atoms with Gasteiger partial charge in [0.15, 0.2) is 10.4 Å². The first-order valence-corrected chi connectivity index (χ1v) is 8.03. The molecule has 2 aromatic heterocycles. The lowest BCUT2D eigenvalue weighted by Crippen LogP contribution is -2.01. The summed E-state index contributed by atoms with van der Waals surface area (Å²) in [6.07, 6.45) is 2.03. The number of nitrogens with one attached hydrogen (secondary N) is 1. The Morgan fingerprint density at radius 2 is 2.20 bits per heavy atom. The first-order chi connectivity index (χ1) is 9.61. The highest BCUT2D eigenvalue weighted by atomic mass is 127. The Kier molecular flexibility index (Phi) is 3.68. The smallest absolute Gasteiger partial charge is 0.184 e. The van der Waals surface area contributed by atoms with Crippen molar-refractivity contribution in [1.82, 2.24) is 19.3 Å². The largest absolute Gasteiger partial charge is 0.327 e. The molecule has 0 aliphatic heterocycles. The molecule has 0 saturated heterocycles. The van der Waals surface area contributed by atoms with Gasteiger partial charge in [0.2, 0.25) is 0 Å². The van der Waals surface area contributed by atoms with E-state index in [2.05, 4.69) is 62.4 Å². The molecule has 3 aromatic rings. The number of benzene rings is 1. The minimum absolute atomic E-state index is 0.715. The van der Waals surface area contributed by atoms with Crippen LogP contribution in [-0.4, -0.2) is 19.3 Å². The van der Waals surface area contributed by atoms with Crippen LogP contribution in [0.5, 0.6) is 0 Å². The molecular weight excluding hydrogens is 383 g/mol. The van der Waals surface area contributed by atoms with Crippen molar-refractivity contribution >= 4 is 46.0 Å². The van der Waals surface area contributed by atoms with Crippen LogP contribution in [0.4, 0.5) is 0 Å². The first-order valence-electron chi connectivity index (χ1n) is 6.54. The predicted octanol–water partition coefficient (Wildman–Crippen LogP) is 3.98. The van der Waals surface area contributed by atoms with E-state index in [1.807, 2.05) is 17.8 Å². The summed E-state index contributed by atoms with van der Waals surface area (Å²) in [5.74, 6) is 0. The molecule has 3 rings (SSSR count). The highest BCUT2D eigenvalue weighted by Crippen LogP contribution is 2.23. The predicted molar refractivity (Wildman–Crippen MR) is 91.9 cm³/mol. The van der Waals surface area contributed by atoms with Crippen LogP contribution >= 0.6 is 34.8 Å². The Bertz CT molecular complexity index is 827. The van der Waals surface area contributed by atoms with Crippen LogP contribution in [0.3, 0.4) is 0 Å². The van der Waals surface area contributed by atoms with Crippen molar-refractivity contribution in [3.05, 3.63) is 38.3 Å². The summed E-state index contributed by atoms with van der Waals surface area (Å²) >= 11 is 7.81. The number of nitrogens with zero attached hydrogens (tertiary/aromatic N) is 3. The van der Waals surface area contributed by atoms with E-state index >= 15 is 0 Å². The number of fused-ring (bicyclic) bond motifs is 1. The van der Waals surface area contributed by atoms with Crippen molar-refractivity contribution in [2.45, 2.75) is 19.8 Å². The van der Waals surface area contributed by atoms with Gasteiger partial charge in [0.1, 0.15) is 5.52 Å². The molecule has 0 radical (unpaired) electrons. The second-order valence-electron chi connectivity index (χ2n) is 4.76. The Hall–Kier alpha value is -1.15. The van der Waals surface area contributed by atoms with E-state index in [1.54, 1.807) is 0 Å². The van der Waals surface area contributed by atoms with Crippen LogP contribution in [0, 0.1) is 8.34 Å². The molecule has 20 heavy (non-hydrogen) atoms. The minimum atomic E-state index is 0.715. The minimum Gasteiger partial charge on any atom is -0.327 e. The van der Waals surface area contributed by atoms with Gasteiger partial charge in [-0.05, 0) is 59.4 Å². The number of H-pyrrole nitrogens is 1. The van der Waals surface area contributed by atoms with Gasteiger partial charge in [0.05, 0.1) is 11.4 Å². The van der Waals surface area contributed by atoms with Crippen molar-refractivity contribution in [3.8, 4) is 5.69 Å². The first kappa shape index (κ1) is 13.8. The SMILES string of the molecule is CCCc1nn(C)c2c1[nH]c(=S)n2-c1cccc(I)c1. The summed E-state index contributed by atoms with van der Waals surface area (Å²) in [5.41, 5.74) is 4.23. The molecule has 6 heteroatoms. The Labute approximate surface area is 135 Å². The molecule has 0 atom stereocenters. The maximum absolute atomic E-state index is 5.50. The van der Waals surface area contributed by atoms with E-state index in [-0.39, 0.29) is 0 Å². The number of halogens is 1. The van der Waals surface area contributed by atoms with Crippen LogP contribution < -0.4 is 0 Å². The number of hydrogen-bond acceptors (Lipinski definition) is 2. The van der Waals surface area contributed by atoms with E-state index in [1.165, 1.54) is 3.57 Å². The second kappa shape index (κ2) is 5.33. The van der Waals surface area contributed by atoms with Crippen LogP contribution in [0.2, 0.25) is 0 Å². The fourth-order valence-corrected chi connectivity index (χ4v) is 3.30. The molecule has 0 unspecified atom stereocenters. The lowest BCUT2D eigenvalue weighted by Gasteiger charge is -2.05. The monoisotopic (exact) mass is 398 g/mol. The third kappa shape index (κ3) is 2.20. The third-order valence-electron chi connectivity index (χ3n) is 3.29. The fraction of sp³-hybridized carbons (Fsp3) is 0.286. The normalized spacial score (nSPS) is 11.3. The molecule has 0 bridgehead atoms. The average Bonchev–Trinajstić information content (AvgIpc) is 2.88. The van der Waals surface area contributed by atoms with E-state index in [9.17, 15) is 0 Å². The van der Waals surface area contributed by atoms with E-state index in [0.717, 1.165) is 35.4 Å². The van der Waals surface area contributed by atoms with Gasteiger partial charge >= 0.3 is 0 Å². The molecular formula is C14H15IN4S. The van der Waals surface area contributed by atoms with Gasteiger partial charge < -0.3 is 4.98 Å². The Morgan fingerprint density at radius 3 is 2.90 bits per heavy atom. The van der Waals surface area contributed by atoms with Crippen molar-refractivity contribution in [3.63, 3.8) is 0 Å². The van der Waals surface area contributed by atoms with Gasteiger partial charge in [0, 0.05) is 10.6 Å². The molecule has 0 aliphatic rings. The van der Waals surface area contributed by atoms with Gasteiger partial charge in [0.25, 0.3) is 0 Å². The van der Waals surface area contributed by atoms with E-state index in [4.69, 9.17) is 12.2 Å². The molecule has 104 valence electrons. The molecule has 1 aromatic carbocycles. The summed E-state index contributed by atoms with van der Waals surface area (Å²) in [7, 11) is 1.97. The van der Waals surface area contributed by atoms with E-state index in [0.29, 0.717) is 4.77 Å². The van der Waals surface area contributed by atoms with Crippen LogP contribution in [0.25, 0.3) is 16.9 Å². The standard InChI is InChI=1S/C14H15IN4S/c1-3-5-11-12-13(18(2)17-11)19(14(20)16-12)10-7-4-6-9(15)8-10/h4,6-8H,3,5H2,1-2H3,(H,16,20). The highest BCUT2D eigenvalue weighted by molar-refractivity contribution is 14.1. The molecule has 0 spiro atoms. The number of aryl methyl sites for hydroxylation is 2. The highest BCUT2D eigenvalue weighted by Gasteiger charge is 2.15. The number of imidazole rings is 1. The lowest BCUT2D eigenvalue weighted by atomic mass is 10.2. The molecule has 0 fully saturated rings. The van der Waals surface area contributed by atoms with Crippen molar-refractivity contribution in [2.24, 2.45) is 7.05 Å². The van der Waals surface area contributed by atoms with Crippen molar-refractivity contribution in [2.75, 3.05) is 0 Å².